The molecule has 6 atom stereocenters. The van der Waals surface area contributed by atoms with Crippen molar-refractivity contribution in [3.63, 3.8) is 0 Å². The molecule has 1 saturated heterocycles. The lowest BCUT2D eigenvalue weighted by Gasteiger charge is -2.27. The van der Waals surface area contributed by atoms with Gasteiger partial charge in [-0.25, -0.2) is 14.8 Å². The second-order valence-electron chi connectivity index (χ2n) is 15.7. The van der Waals surface area contributed by atoms with Crippen LogP contribution < -0.4 is 0 Å². The molecule has 7 heteroatoms. The molecule has 3 aliphatic carbocycles. The van der Waals surface area contributed by atoms with Gasteiger partial charge in [0.25, 0.3) is 0 Å². The van der Waals surface area contributed by atoms with Crippen LogP contribution in [0, 0.1) is 11.8 Å². The summed E-state index contributed by atoms with van der Waals surface area (Å²) >= 11 is 0. The highest BCUT2D eigenvalue weighted by molar-refractivity contribution is 5.80. The van der Waals surface area contributed by atoms with E-state index in [9.17, 15) is 4.79 Å². The summed E-state index contributed by atoms with van der Waals surface area (Å²) in [5, 5.41) is 0. The van der Waals surface area contributed by atoms with Gasteiger partial charge in [-0.3, -0.25) is 4.90 Å². The molecule has 4 aliphatic rings. The maximum Gasteiger partial charge on any atom is 0.410 e. The van der Waals surface area contributed by atoms with E-state index in [1.807, 2.05) is 38.1 Å². The van der Waals surface area contributed by atoms with E-state index in [1.165, 1.54) is 71.9 Å². The maximum absolute atomic E-state index is 13.1. The first-order valence-electron chi connectivity index (χ1n) is 17.5. The minimum Gasteiger partial charge on any atom is -0.444 e. The predicted octanol–water partition coefficient (Wildman–Crippen LogP) is 9.72. The van der Waals surface area contributed by atoms with Gasteiger partial charge < -0.3 is 14.7 Å². The van der Waals surface area contributed by atoms with Gasteiger partial charge in [-0.05, 0) is 117 Å². The summed E-state index contributed by atoms with van der Waals surface area (Å²) < 4.78 is 5.76. The molecule has 4 aromatic rings. The summed E-state index contributed by atoms with van der Waals surface area (Å²) in [6.45, 7) is 11.0. The molecule has 0 spiro atoms. The van der Waals surface area contributed by atoms with Crippen molar-refractivity contribution < 1.29 is 9.53 Å². The Morgan fingerprint density at radius 2 is 1.37 bits per heavy atom. The molecule has 3 heterocycles. The molecule has 2 aromatic heterocycles. The lowest BCUT2D eigenvalue weighted by molar-refractivity contribution is 0.0214. The van der Waals surface area contributed by atoms with Gasteiger partial charge in [-0.1, -0.05) is 50.2 Å². The summed E-state index contributed by atoms with van der Waals surface area (Å²) in [6.07, 6.45) is 12.1. The number of amides is 1. The first kappa shape index (κ1) is 29.5. The number of hydrogen-bond donors (Lipinski definition) is 2. The molecule has 7 nitrogen and oxygen atoms in total. The summed E-state index contributed by atoms with van der Waals surface area (Å²) in [4.78, 5) is 31.9. The quantitative estimate of drug-likeness (QED) is 0.233. The van der Waals surface area contributed by atoms with Crippen LogP contribution in [0.4, 0.5) is 4.79 Å². The zero-order valence-electron chi connectivity index (χ0n) is 27.9. The number of aromatic nitrogens is 4. The minimum atomic E-state index is -0.528. The third-order valence-electron chi connectivity index (χ3n) is 11.1. The molecule has 2 aromatic carbocycles. The average molecular weight is 618 g/mol. The molecule has 1 aliphatic heterocycles. The Kier molecular flexibility index (Phi) is 7.15. The SMILES string of the molecule is C[C@@H]1CC[C@H](c2ncc(-c3ccc(-c4ccc(-c5cnc([C@@H]6C[C@H](C)CN6C(=O)OC(C)(C)C)[nH]5)c5c4C4CCC5C4)cc3)[nH]2)C1. The number of aromatic amines is 2. The molecule has 2 saturated carbocycles. The average Bonchev–Trinajstić information content (AvgIpc) is 3.87. The number of carbonyl (C=O) groups excluding carboxylic acids is 1. The first-order valence-corrected chi connectivity index (χ1v) is 17.5. The fourth-order valence-corrected chi connectivity index (χ4v) is 8.95. The van der Waals surface area contributed by atoms with Crippen LogP contribution in [0.3, 0.4) is 0 Å². The Labute approximate surface area is 272 Å². The predicted molar refractivity (Wildman–Crippen MR) is 182 cm³/mol. The Hall–Kier alpha value is -3.87. The molecular weight excluding hydrogens is 570 g/mol. The molecule has 240 valence electrons. The lowest BCUT2D eigenvalue weighted by atomic mass is 9.82. The number of carbonyl (C=O) groups is 1. The first-order chi connectivity index (χ1) is 22.1. The Morgan fingerprint density at radius 1 is 0.739 bits per heavy atom. The summed E-state index contributed by atoms with van der Waals surface area (Å²) in [5.41, 5.74) is 9.76. The number of imidazole rings is 2. The number of hydrogen-bond acceptors (Lipinski definition) is 4. The fraction of sp³-hybridized carbons (Fsp3) is 0.513. The standard InChI is InChI=1S/C39H47N5O2/c1-22-6-7-28(16-22)36-40-19-31(42-36)25-10-8-24(9-11-25)29-14-15-30(35-27-13-12-26(18-27)34(29)35)32-20-41-37(43-32)33-17-23(2)21-44(33)38(45)46-39(3,4)5/h8-11,14-15,19-20,22-23,26-28,33H,6-7,12-13,16-18,21H2,1-5H3,(H,40,42)(H,41,43)/t22-,23+,26?,27?,28+,33+/m1/s1. The van der Waals surface area contributed by atoms with Crippen LogP contribution >= 0.6 is 0 Å². The number of H-pyrrole nitrogens is 2. The van der Waals surface area contributed by atoms with Crippen molar-refractivity contribution in [2.24, 2.45) is 11.8 Å². The second-order valence-corrected chi connectivity index (χ2v) is 15.7. The van der Waals surface area contributed by atoms with Gasteiger partial charge in [0.1, 0.15) is 17.2 Å². The molecule has 8 rings (SSSR count). The highest BCUT2D eigenvalue weighted by Crippen LogP contribution is 2.58. The van der Waals surface area contributed by atoms with Crippen LogP contribution in [0.25, 0.3) is 33.6 Å². The van der Waals surface area contributed by atoms with E-state index < -0.39 is 5.60 Å². The smallest absolute Gasteiger partial charge is 0.410 e. The molecule has 2 unspecified atom stereocenters. The number of benzene rings is 2. The van der Waals surface area contributed by atoms with Crippen LogP contribution in [0.5, 0.6) is 0 Å². The fourth-order valence-electron chi connectivity index (χ4n) is 8.95. The van der Waals surface area contributed by atoms with E-state index in [1.54, 1.807) is 0 Å². The van der Waals surface area contributed by atoms with Crippen LogP contribution in [0.2, 0.25) is 0 Å². The third kappa shape index (κ3) is 5.26. The second kappa shape index (κ2) is 11.1. The van der Waals surface area contributed by atoms with Crippen molar-refractivity contribution in [3.05, 3.63) is 71.6 Å². The van der Waals surface area contributed by atoms with E-state index in [-0.39, 0.29) is 12.1 Å². The van der Waals surface area contributed by atoms with Gasteiger partial charge in [-0.2, -0.15) is 0 Å². The summed E-state index contributed by atoms with van der Waals surface area (Å²) in [7, 11) is 0. The zero-order valence-corrected chi connectivity index (χ0v) is 27.9. The molecule has 1 amide bonds. The van der Waals surface area contributed by atoms with Gasteiger partial charge in [0.05, 0.1) is 29.8 Å². The monoisotopic (exact) mass is 617 g/mol. The Bertz CT molecular complexity index is 1760. The third-order valence-corrected chi connectivity index (χ3v) is 11.1. The highest BCUT2D eigenvalue weighted by atomic mass is 16.6. The van der Waals surface area contributed by atoms with Gasteiger partial charge in [-0.15, -0.1) is 0 Å². The minimum absolute atomic E-state index is 0.103. The van der Waals surface area contributed by atoms with Gasteiger partial charge in [0, 0.05) is 18.0 Å². The number of fused-ring (bicyclic) bond motifs is 5. The zero-order chi connectivity index (χ0) is 31.7. The van der Waals surface area contributed by atoms with Crippen molar-refractivity contribution in [2.75, 3.05) is 6.54 Å². The van der Waals surface area contributed by atoms with Gasteiger partial charge >= 0.3 is 6.09 Å². The summed E-state index contributed by atoms with van der Waals surface area (Å²) in [5.74, 6) is 4.95. The van der Waals surface area contributed by atoms with Crippen LogP contribution in [0.1, 0.15) is 126 Å². The molecule has 0 radical (unpaired) electrons. The lowest BCUT2D eigenvalue weighted by Crippen LogP contribution is -2.37. The summed E-state index contributed by atoms with van der Waals surface area (Å²) in [6, 6.07) is 13.6. The number of ether oxygens (including phenoxy) is 1. The van der Waals surface area contributed by atoms with Gasteiger partial charge in [0.2, 0.25) is 0 Å². The Morgan fingerprint density at radius 3 is 2.09 bits per heavy atom. The van der Waals surface area contributed by atoms with Gasteiger partial charge in [0.15, 0.2) is 0 Å². The molecule has 46 heavy (non-hydrogen) atoms. The number of nitrogens with one attached hydrogen (secondary N) is 2. The van der Waals surface area contributed by atoms with E-state index in [0.717, 1.165) is 35.4 Å². The number of nitrogens with zero attached hydrogens (tertiary/aromatic N) is 3. The molecule has 2 N–H and O–H groups in total. The number of rotatable bonds is 5. The van der Waals surface area contributed by atoms with Crippen molar-refractivity contribution in [2.45, 2.75) is 109 Å². The van der Waals surface area contributed by atoms with Crippen LogP contribution in [0.15, 0.2) is 48.8 Å². The van der Waals surface area contributed by atoms with E-state index in [2.05, 4.69) is 60.2 Å². The van der Waals surface area contributed by atoms with E-state index in [4.69, 9.17) is 14.7 Å². The van der Waals surface area contributed by atoms with Crippen molar-refractivity contribution in [3.8, 4) is 33.6 Å². The van der Waals surface area contributed by atoms with E-state index in [0.29, 0.717) is 30.2 Å². The normalized spacial score (nSPS) is 27.0. The van der Waals surface area contributed by atoms with E-state index >= 15 is 0 Å². The van der Waals surface area contributed by atoms with Crippen LogP contribution in [-0.2, 0) is 4.74 Å². The van der Waals surface area contributed by atoms with Crippen molar-refractivity contribution in [1.82, 2.24) is 24.8 Å². The number of likely N-dealkylation sites (tertiary alicyclic amines) is 1. The largest absolute Gasteiger partial charge is 0.444 e. The van der Waals surface area contributed by atoms with Crippen molar-refractivity contribution in [1.29, 1.82) is 0 Å². The highest BCUT2D eigenvalue weighted by Gasteiger charge is 2.42. The topological polar surface area (TPSA) is 86.9 Å². The molecule has 2 bridgehead atoms. The Balaban J connectivity index is 1.07. The molecular formula is C39H47N5O2. The van der Waals surface area contributed by atoms with Crippen molar-refractivity contribution >= 4 is 6.09 Å². The van der Waals surface area contributed by atoms with Crippen LogP contribution in [-0.4, -0.2) is 43.1 Å². The maximum atomic E-state index is 13.1. The molecule has 3 fully saturated rings.